The maximum absolute atomic E-state index is 12.2. The molecule has 0 radical (unpaired) electrons. The van der Waals surface area contributed by atoms with Gasteiger partial charge in [0.2, 0.25) is 0 Å². The molecule has 0 spiro atoms. The number of halogens is 1. The maximum atomic E-state index is 12.2. The van der Waals surface area contributed by atoms with Crippen molar-refractivity contribution in [1.29, 1.82) is 0 Å². The van der Waals surface area contributed by atoms with Crippen molar-refractivity contribution in [1.82, 2.24) is 0 Å². The summed E-state index contributed by atoms with van der Waals surface area (Å²) in [7, 11) is 1.08. The van der Waals surface area contributed by atoms with Crippen molar-refractivity contribution in [3.8, 4) is 5.75 Å². The Kier molecular flexibility index (Phi) is 4.95. The molecule has 24 heavy (non-hydrogen) atoms. The smallest absolute Gasteiger partial charge is 0.320 e. The predicted octanol–water partition coefficient (Wildman–Crippen LogP) is 3.42. The number of nitro groups is 2. The van der Waals surface area contributed by atoms with E-state index in [0.29, 0.717) is 0 Å². The Bertz CT molecular complexity index is 804. The number of ether oxygens (including phenoxy) is 1. The van der Waals surface area contributed by atoms with Gasteiger partial charge in [-0.25, -0.2) is 0 Å². The van der Waals surface area contributed by atoms with E-state index in [1.165, 1.54) is 12.1 Å². The van der Waals surface area contributed by atoms with Crippen LogP contribution in [0.15, 0.2) is 36.4 Å². The van der Waals surface area contributed by atoms with Crippen LogP contribution in [-0.2, 0) is 0 Å². The highest BCUT2D eigenvalue weighted by atomic mass is 35.5. The second kappa shape index (κ2) is 6.92. The quantitative estimate of drug-likeness (QED) is 0.650. The molecule has 0 aliphatic heterocycles. The van der Waals surface area contributed by atoms with Crippen LogP contribution in [-0.4, -0.2) is 22.9 Å². The van der Waals surface area contributed by atoms with Crippen molar-refractivity contribution in [2.24, 2.45) is 0 Å². The second-order valence-electron chi connectivity index (χ2n) is 4.50. The molecule has 0 heterocycles. The van der Waals surface area contributed by atoms with Crippen LogP contribution in [0.25, 0.3) is 0 Å². The van der Waals surface area contributed by atoms with Gasteiger partial charge in [0.05, 0.1) is 33.2 Å². The summed E-state index contributed by atoms with van der Waals surface area (Å²) in [6, 6.07) is 8.10. The van der Waals surface area contributed by atoms with Gasteiger partial charge in [0.25, 0.3) is 11.7 Å². The van der Waals surface area contributed by atoms with Crippen molar-refractivity contribution in [2.45, 2.75) is 0 Å². The molecule has 0 aliphatic rings. The molecule has 0 aliphatic carbocycles. The number of methoxy groups -OCH3 is 1. The lowest BCUT2D eigenvalue weighted by molar-refractivity contribution is -0.395. The van der Waals surface area contributed by atoms with Crippen LogP contribution < -0.4 is 10.1 Å². The summed E-state index contributed by atoms with van der Waals surface area (Å²) in [5, 5.41) is 24.7. The molecule has 9 nitrogen and oxygen atoms in total. The van der Waals surface area contributed by atoms with Gasteiger partial charge in [0.15, 0.2) is 0 Å². The van der Waals surface area contributed by atoms with E-state index in [1.54, 1.807) is 12.1 Å². The van der Waals surface area contributed by atoms with Crippen LogP contribution in [0.3, 0.4) is 0 Å². The molecule has 2 rings (SSSR count). The summed E-state index contributed by atoms with van der Waals surface area (Å²) >= 11 is 5.90. The van der Waals surface area contributed by atoms with Crippen molar-refractivity contribution in [2.75, 3.05) is 12.4 Å². The number of hydrogen-bond acceptors (Lipinski definition) is 6. The van der Waals surface area contributed by atoms with Crippen LogP contribution >= 0.6 is 11.6 Å². The average Bonchev–Trinajstić information content (AvgIpc) is 2.54. The fraction of sp³-hybridized carbons (Fsp3) is 0.0714. The van der Waals surface area contributed by atoms with Crippen molar-refractivity contribution in [3.63, 3.8) is 0 Å². The number of amides is 1. The van der Waals surface area contributed by atoms with Crippen LogP contribution in [0.5, 0.6) is 5.75 Å². The van der Waals surface area contributed by atoms with Gasteiger partial charge in [-0.05, 0) is 12.1 Å². The Morgan fingerprint density at radius 2 is 1.67 bits per heavy atom. The SMILES string of the molecule is COc1c([N+](=O)[O-])cc(NC(=O)c2ccccc2Cl)cc1[N+](=O)[O-]. The molecule has 0 atom stereocenters. The first-order valence-corrected chi connectivity index (χ1v) is 6.79. The Morgan fingerprint density at radius 3 is 2.12 bits per heavy atom. The number of anilines is 1. The third kappa shape index (κ3) is 3.41. The molecule has 0 unspecified atom stereocenters. The van der Waals surface area contributed by atoms with E-state index in [1.807, 2.05) is 0 Å². The lowest BCUT2D eigenvalue weighted by Gasteiger charge is -2.09. The molecule has 1 N–H and O–H groups in total. The maximum Gasteiger partial charge on any atom is 0.320 e. The fourth-order valence-corrected chi connectivity index (χ4v) is 2.22. The van der Waals surface area contributed by atoms with Gasteiger partial charge in [0.1, 0.15) is 0 Å². The van der Waals surface area contributed by atoms with Crippen molar-refractivity contribution < 1.29 is 19.4 Å². The Labute approximate surface area is 140 Å². The van der Waals surface area contributed by atoms with Gasteiger partial charge < -0.3 is 10.1 Å². The third-order valence-electron chi connectivity index (χ3n) is 3.02. The zero-order valence-corrected chi connectivity index (χ0v) is 12.9. The van der Waals surface area contributed by atoms with Crippen molar-refractivity contribution in [3.05, 3.63) is 67.2 Å². The molecular formula is C14H10ClN3O6. The topological polar surface area (TPSA) is 125 Å². The van der Waals surface area contributed by atoms with Crippen molar-refractivity contribution >= 4 is 34.6 Å². The molecule has 10 heteroatoms. The molecule has 2 aromatic carbocycles. The van der Waals surface area contributed by atoms with Gasteiger partial charge in [-0.15, -0.1) is 0 Å². The Balaban J connectivity index is 2.48. The molecule has 1 amide bonds. The van der Waals surface area contributed by atoms with Crippen LogP contribution in [0.4, 0.5) is 17.1 Å². The van der Waals surface area contributed by atoms with E-state index in [4.69, 9.17) is 16.3 Å². The predicted molar refractivity (Wildman–Crippen MR) is 85.7 cm³/mol. The number of rotatable bonds is 5. The van der Waals surface area contributed by atoms with Gasteiger partial charge >= 0.3 is 11.4 Å². The van der Waals surface area contributed by atoms with E-state index in [9.17, 15) is 25.0 Å². The number of carbonyl (C=O) groups is 1. The van der Waals surface area contributed by atoms with Gasteiger partial charge in [0, 0.05) is 12.1 Å². The molecule has 0 fully saturated rings. The molecule has 0 saturated heterocycles. The third-order valence-corrected chi connectivity index (χ3v) is 3.35. The molecule has 0 aromatic heterocycles. The van der Waals surface area contributed by atoms with E-state index in [0.717, 1.165) is 19.2 Å². The number of nitrogens with one attached hydrogen (secondary N) is 1. The highest BCUT2D eigenvalue weighted by Gasteiger charge is 2.28. The first-order chi connectivity index (χ1) is 11.3. The number of hydrogen-bond donors (Lipinski definition) is 1. The van der Waals surface area contributed by atoms with Gasteiger partial charge in [-0.1, -0.05) is 23.7 Å². The lowest BCUT2D eigenvalue weighted by Crippen LogP contribution is -2.13. The lowest BCUT2D eigenvalue weighted by atomic mass is 10.2. The van der Waals surface area contributed by atoms with E-state index in [-0.39, 0.29) is 16.3 Å². The normalized spacial score (nSPS) is 10.1. The largest absolute Gasteiger partial charge is 0.485 e. The minimum atomic E-state index is -0.836. The fourth-order valence-electron chi connectivity index (χ4n) is 1.99. The monoisotopic (exact) mass is 351 g/mol. The molecule has 2 aromatic rings. The van der Waals surface area contributed by atoms with Crippen LogP contribution in [0.2, 0.25) is 5.02 Å². The number of nitro benzene ring substituents is 2. The zero-order chi connectivity index (χ0) is 17.9. The molecule has 0 saturated carbocycles. The Hall–Kier alpha value is -3.20. The molecule has 0 bridgehead atoms. The van der Waals surface area contributed by atoms with Crippen LogP contribution in [0.1, 0.15) is 10.4 Å². The highest BCUT2D eigenvalue weighted by molar-refractivity contribution is 6.34. The first kappa shape index (κ1) is 17.2. The summed E-state index contributed by atoms with van der Waals surface area (Å²) in [6.45, 7) is 0. The summed E-state index contributed by atoms with van der Waals surface area (Å²) in [5.41, 5.74) is -1.28. The first-order valence-electron chi connectivity index (χ1n) is 6.42. The zero-order valence-electron chi connectivity index (χ0n) is 12.2. The minimum Gasteiger partial charge on any atom is -0.485 e. The van der Waals surface area contributed by atoms with E-state index < -0.39 is 32.9 Å². The van der Waals surface area contributed by atoms with Crippen LogP contribution in [0, 0.1) is 20.2 Å². The molecular weight excluding hydrogens is 342 g/mol. The van der Waals surface area contributed by atoms with E-state index in [2.05, 4.69) is 5.32 Å². The number of carbonyl (C=O) groups excluding carboxylic acids is 1. The summed E-state index contributed by atoms with van der Waals surface area (Å²) in [4.78, 5) is 32.7. The summed E-state index contributed by atoms with van der Waals surface area (Å²) in [5.74, 6) is -1.16. The van der Waals surface area contributed by atoms with Gasteiger partial charge in [-0.2, -0.15) is 0 Å². The standard InChI is InChI=1S/C14H10ClN3O6/c1-24-13-11(17(20)21)6-8(7-12(13)18(22)23)16-14(19)9-4-2-3-5-10(9)15/h2-7H,1H3,(H,16,19). The summed E-state index contributed by atoms with van der Waals surface area (Å²) in [6.07, 6.45) is 0. The highest BCUT2D eigenvalue weighted by Crippen LogP contribution is 2.39. The Morgan fingerprint density at radius 1 is 1.12 bits per heavy atom. The minimum absolute atomic E-state index is 0.125. The molecule has 124 valence electrons. The average molecular weight is 352 g/mol. The second-order valence-corrected chi connectivity index (χ2v) is 4.90. The number of nitrogens with zero attached hydrogens (tertiary/aromatic N) is 2. The van der Waals surface area contributed by atoms with Gasteiger partial charge in [-0.3, -0.25) is 25.0 Å². The summed E-state index contributed by atoms with van der Waals surface area (Å²) < 4.78 is 4.75. The number of benzene rings is 2. The van der Waals surface area contributed by atoms with E-state index >= 15 is 0 Å².